The van der Waals surface area contributed by atoms with Crippen LogP contribution in [0.3, 0.4) is 0 Å². The second-order valence-corrected chi connectivity index (χ2v) is 5.52. The maximum absolute atomic E-state index is 9.80. The Morgan fingerprint density at radius 3 is 2.18 bits per heavy atom. The highest BCUT2D eigenvalue weighted by Crippen LogP contribution is 2.24. The van der Waals surface area contributed by atoms with E-state index in [0.717, 1.165) is 37.0 Å². The summed E-state index contributed by atoms with van der Waals surface area (Å²) in [5.74, 6) is 1.09. The Kier molecular flexibility index (Phi) is 5.84. The molecule has 0 fully saturated rings. The van der Waals surface area contributed by atoms with E-state index in [2.05, 4.69) is 25.1 Å². The van der Waals surface area contributed by atoms with Crippen LogP contribution in [-0.2, 0) is 25.9 Å². The molecule has 0 amide bonds. The summed E-state index contributed by atoms with van der Waals surface area (Å²) in [6.07, 6.45) is 3.86. The molecule has 0 bridgehead atoms. The third-order valence-electron chi connectivity index (χ3n) is 3.89. The molecule has 0 heterocycles. The largest absolute Gasteiger partial charge is 0.508 e. The summed E-state index contributed by atoms with van der Waals surface area (Å²) in [5, 5.41) is 18.9. The number of aromatic hydroxyl groups is 1. The standard InChI is InChI=1S/C19H24O3/c1-3-4-14-5-8-16(19(12-14)22-2)9-6-15-7-10-17(13-20)18(21)11-15/h5,7-8,10-12,20-21H,3-4,6,9,13H2,1-2H3. The Hall–Kier alpha value is -2.00. The van der Waals surface area contributed by atoms with Gasteiger partial charge in [0, 0.05) is 5.56 Å². The number of hydrogen-bond donors (Lipinski definition) is 2. The number of aliphatic hydroxyl groups is 1. The minimum absolute atomic E-state index is 0.140. The number of aryl methyl sites for hydroxylation is 3. The van der Waals surface area contributed by atoms with E-state index in [0.29, 0.717) is 5.56 Å². The van der Waals surface area contributed by atoms with Gasteiger partial charge in [-0.2, -0.15) is 0 Å². The van der Waals surface area contributed by atoms with Gasteiger partial charge < -0.3 is 14.9 Å². The molecule has 0 spiro atoms. The van der Waals surface area contributed by atoms with Gasteiger partial charge in [0.25, 0.3) is 0 Å². The smallest absolute Gasteiger partial charge is 0.122 e. The molecule has 2 aromatic rings. The fraction of sp³-hybridized carbons (Fsp3) is 0.368. The number of phenols is 1. The highest BCUT2D eigenvalue weighted by Gasteiger charge is 2.07. The lowest BCUT2D eigenvalue weighted by Gasteiger charge is -2.11. The maximum Gasteiger partial charge on any atom is 0.122 e. The van der Waals surface area contributed by atoms with Crippen LogP contribution in [0.1, 0.15) is 35.6 Å². The number of aliphatic hydroxyl groups excluding tert-OH is 1. The van der Waals surface area contributed by atoms with Crippen LogP contribution in [0.15, 0.2) is 36.4 Å². The van der Waals surface area contributed by atoms with Gasteiger partial charge in [0.15, 0.2) is 0 Å². The first-order valence-corrected chi connectivity index (χ1v) is 7.75. The molecule has 0 saturated carbocycles. The van der Waals surface area contributed by atoms with Crippen LogP contribution in [0.4, 0.5) is 0 Å². The van der Waals surface area contributed by atoms with Crippen LogP contribution < -0.4 is 4.74 Å². The van der Waals surface area contributed by atoms with E-state index in [9.17, 15) is 5.11 Å². The van der Waals surface area contributed by atoms with Gasteiger partial charge in [0.2, 0.25) is 0 Å². The zero-order valence-electron chi connectivity index (χ0n) is 13.3. The summed E-state index contributed by atoms with van der Waals surface area (Å²) in [4.78, 5) is 0. The second kappa shape index (κ2) is 7.85. The van der Waals surface area contributed by atoms with Crippen molar-refractivity contribution in [1.82, 2.24) is 0 Å². The zero-order chi connectivity index (χ0) is 15.9. The topological polar surface area (TPSA) is 49.7 Å². The van der Waals surface area contributed by atoms with Crippen molar-refractivity contribution in [1.29, 1.82) is 0 Å². The lowest BCUT2D eigenvalue weighted by molar-refractivity contribution is 0.275. The molecular weight excluding hydrogens is 276 g/mol. The van der Waals surface area contributed by atoms with Gasteiger partial charge in [-0.15, -0.1) is 0 Å². The minimum Gasteiger partial charge on any atom is -0.508 e. The van der Waals surface area contributed by atoms with E-state index < -0.39 is 0 Å². The van der Waals surface area contributed by atoms with E-state index in [1.165, 1.54) is 11.1 Å². The van der Waals surface area contributed by atoms with Crippen molar-refractivity contribution in [3.8, 4) is 11.5 Å². The summed E-state index contributed by atoms with van der Waals surface area (Å²) in [6.45, 7) is 2.03. The van der Waals surface area contributed by atoms with Crippen LogP contribution in [0.2, 0.25) is 0 Å². The SMILES string of the molecule is CCCc1ccc(CCc2ccc(CO)c(O)c2)c(OC)c1. The molecule has 0 aliphatic heterocycles. The predicted octanol–water partition coefficient (Wildman–Crippen LogP) is 3.63. The van der Waals surface area contributed by atoms with Crippen LogP contribution in [0.25, 0.3) is 0 Å². The highest BCUT2D eigenvalue weighted by molar-refractivity contribution is 5.40. The third-order valence-corrected chi connectivity index (χ3v) is 3.89. The number of methoxy groups -OCH3 is 1. The monoisotopic (exact) mass is 300 g/mol. The quantitative estimate of drug-likeness (QED) is 0.821. The average Bonchev–Trinajstić information content (AvgIpc) is 2.54. The minimum atomic E-state index is -0.140. The van der Waals surface area contributed by atoms with Crippen molar-refractivity contribution in [2.45, 2.75) is 39.2 Å². The van der Waals surface area contributed by atoms with Crippen LogP contribution in [-0.4, -0.2) is 17.3 Å². The second-order valence-electron chi connectivity index (χ2n) is 5.52. The van der Waals surface area contributed by atoms with Crippen molar-refractivity contribution < 1.29 is 14.9 Å². The Morgan fingerprint density at radius 2 is 1.59 bits per heavy atom. The summed E-state index contributed by atoms with van der Waals surface area (Å²) >= 11 is 0. The molecule has 22 heavy (non-hydrogen) atoms. The van der Waals surface area contributed by atoms with E-state index >= 15 is 0 Å². The molecule has 0 atom stereocenters. The molecule has 3 nitrogen and oxygen atoms in total. The number of rotatable bonds is 7. The average molecular weight is 300 g/mol. The van der Waals surface area contributed by atoms with E-state index in [1.807, 2.05) is 6.07 Å². The maximum atomic E-state index is 9.80. The molecule has 2 rings (SSSR count). The fourth-order valence-electron chi connectivity index (χ4n) is 2.62. The first-order chi connectivity index (χ1) is 10.7. The summed E-state index contributed by atoms with van der Waals surface area (Å²) in [6, 6.07) is 11.9. The molecule has 0 aliphatic rings. The van der Waals surface area contributed by atoms with Crippen molar-refractivity contribution in [3.63, 3.8) is 0 Å². The molecule has 2 aromatic carbocycles. The van der Waals surface area contributed by atoms with Crippen LogP contribution >= 0.6 is 0 Å². The van der Waals surface area contributed by atoms with Crippen molar-refractivity contribution in [2.75, 3.05) is 7.11 Å². The molecule has 3 heteroatoms. The van der Waals surface area contributed by atoms with Crippen LogP contribution in [0.5, 0.6) is 11.5 Å². The predicted molar refractivity (Wildman–Crippen MR) is 88.4 cm³/mol. The molecule has 0 aliphatic carbocycles. The van der Waals surface area contributed by atoms with Crippen molar-refractivity contribution >= 4 is 0 Å². The first-order valence-electron chi connectivity index (χ1n) is 7.75. The van der Waals surface area contributed by atoms with E-state index in [-0.39, 0.29) is 12.4 Å². The van der Waals surface area contributed by atoms with Crippen molar-refractivity contribution in [2.24, 2.45) is 0 Å². The Labute approximate surface area is 132 Å². The normalized spacial score (nSPS) is 10.7. The van der Waals surface area contributed by atoms with Crippen LogP contribution in [0, 0.1) is 0 Å². The lowest BCUT2D eigenvalue weighted by atomic mass is 10.00. The van der Waals surface area contributed by atoms with E-state index in [4.69, 9.17) is 9.84 Å². The van der Waals surface area contributed by atoms with Gasteiger partial charge in [-0.3, -0.25) is 0 Å². The van der Waals surface area contributed by atoms with Gasteiger partial charge in [0.1, 0.15) is 11.5 Å². The fourth-order valence-corrected chi connectivity index (χ4v) is 2.62. The Balaban J connectivity index is 2.09. The Morgan fingerprint density at radius 1 is 0.909 bits per heavy atom. The molecule has 0 unspecified atom stereocenters. The summed E-state index contributed by atoms with van der Waals surface area (Å²) in [5.41, 5.74) is 4.08. The highest BCUT2D eigenvalue weighted by atomic mass is 16.5. The first kappa shape index (κ1) is 16.4. The Bertz CT molecular complexity index is 620. The van der Waals surface area contributed by atoms with Gasteiger partial charge in [-0.05, 0) is 48.1 Å². The number of ether oxygens (including phenoxy) is 1. The number of benzene rings is 2. The molecule has 0 radical (unpaired) electrons. The van der Waals surface area contributed by atoms with Crippen molar-refractivity contribution in [3.05, 3.63) is 58.7 Å². The lowest BCUT2D eigenvalue weighted by Crippen LogP contribution is -1.97. The van der Waals surface area contributed by atoms with Gasteiger partial charge in [-0.1, -0.05) is 37.6 Å². The molecular formula is C19H24O3. The van der Waals surface area contributed by atoms with Gasteiger partial charge in [0.05, 0.1) is 13.7 Å². The molecule has 0 saturated heterocycles. The third kappa shape index (κ3) is 4.01. The molecule has 2 N–H and O–H groups in total. The number of hydrogen-bond acceptors (Lipinski definition) is 3. The van der Waals surface area contributed by atoms with Gasteiger partial charge >= 0.3 is 0 Å². The molecule has 0 aromatic heterocycles. The summed E-state index contributed by atoms with van der Waals surface area (Å²) < 4.78 is 5.50. The summed E-state index contributed by atoms with van der Waals surface area (Å²) in [7, 11) is 1.70. The molecule has 118 valence electrons. The van der Waals surface area contributed by atoms with E-state index in [1.54, 1.807) is 19.2 Å². The zero-order valence-corrected chi connectivity index (χ0v) is 13.3. The van der Waals surface area contributed by atoms with Gasteiger partial charge in [-0.25, -0.2) is 0 Å².